The molecule has 3 heterocycles. The number of thiophene rings is 1. The third-order valence-corrected chi connectivity index (χ3v) is 7.45. The van der Waals surface area contributed by atoms with Crippen LogP contribution in [0.15, 0.2) is 47.2 Å². The molecule has 180 valence electrons. The fourth-order valence-electron chi connectivity index (χ4n) is 3.99. The number of hydrogen-bond donors (Lipinski definition) is 2. The molecule has 1 saturated heterocycles. The Kier molecular flexibility index (Phi) is 8.67. The van der Waals surface area contributed by atoms with Gasteiger partial charge in [0.05, 0.1) is 18.5 Å². The summed E-state index contributed by atoms with van der Waals surface area (Å²) < 4.78 is 0. The molecule has 0 spiro atoms. The maximum atomic E-state index is 12.3. The fourth-order valence-corrected chi connectivity index (χ4v) is 5.42. The third-order valence-electron chi connectivity index (χ3n) is 5.77. The first-order chi connectivity index (χ1) is 16.5. The molecule has 0 bridgehead atoms. The van der Waals surface area contributed by atoms with Crippen molar-refractivity contribution in [3.63, 3.8) is 0 Å². The summed E-state index contributed by atoms with van der Waals surface area (Å²) in [4.78, 5) is 34.7. The monoisotopic (exact) mass is 497 g/mol. The molecule has 1 aliphatic rings. The second kappa shape index (κ2) is 12.1. The molecule has 3 aromatic rings. The van der Waals surface area contributed by atoms with E-state index in [0.717, 1.165) is 44.0 Å². The Morgan fingerprint density at radius 1 is 1.03 bits per heavy atom. The van der Waals surface area contributed by atoms with Crippen molar-refractivity contribution in [3.05, 3.63) is 63.3 Å². The number of carbonyl (C=O) groups excluding carboxylic acids is 2. The molecule has 2 amide bonds. The average Bonchev–Trinajstić information content (AvgIpc) is 3.49. The lowest BCUT2D eigenvalue weighted by molar-refractivity contribution is -0.120. The lowest BCUT2D eigenvalue weighted by atomic mass is 10.2. The van der Waals surface area contributed by atoms with E-state index in [9.17, 15) is 9.59 Å². The van der Waals surface area contributed by atoms with Crippen LogP contribution in [0.3, 0.4) is 0 Å². The minimum absolute atomic E-state index is 0.0361. The van der Waals surface area contributed by atoms with Gasteiger partial charge in [0.1, 0.15) is 0 Å². The van der Waals surface area contributed by atoms with Crippen molar-refractivity contribution in [2.45, 2.75) is 26.2 Å². The van der Waals surface area contributed by atoms with E-state index in [-0.39, 0.29) is 18.2 Å². The maximum absolute atomic E-state index is 12.3. The predicted octanol–water partition coefficient (Wildman–Crippen LogP) is 3.57. The molecule has 2 aromatic heterocycles. The van der Waals surface area contributed by atoms with Gasteiger partial charge in [-0.2, -0.15) is 0 Å². The van der Waals surface area contributed by atoms with E-state index in [1.54, 1.807) is 11.3 Å². The van der Waals surface area contributed by atoms with Crippen LogP contribution in [0, 0.1) is 6.92 Å². The topological polar surface area (TPSA) is 77.6 Å². The first-order valence-electron chi connectivity index (χ1n) is 11.6. The average molecular weight is 498 g/mol. The Morgan fingerprint density at radius 3 is 2.65 bits per heavy atom. The highest BCUT2D eigenvalue weighted by molar-refractivity contribution is 7.14. The minimum atomic E-state index is -0.0903. The summed E-state index contributed by atoms with van der Waals surface area (Å²) in [5, 5.41) is 10.1. The first kappa shape index (κ1) is 24.4. The van der Waals surface area contributed by atoms with Crippen molar-refractivity contribution in [2.24, 2.45) is 0 Å². The molecule has 1 fully saturated rings. The Labute approximate surface area is 208 Å². The maximum Gasteiger partial charge on any atom is 0.231 e. The molecule has 34 heavy (non-hydrogen) atoms. The zero-order valence-corrected chi connectivity index (χ0v) is 21.1. The van der Waals surface area contributed by atoms with E-state index < -0.39 is 0 Å². The SMILES string of the molecule is Cc1cccc(N2CCN(CCCNC(=O)Cc3csc(NC(=O)Cc4cccs4)n3)CC2)c1. The van der Waals surface area contributed by atoms with Gasteiger partial charge in [-0.3, -0.25) is 14.5 Å². The summed E-state index contributed by atoms with van der Waals surface area (Å²) in [6.45, 7) is 7.93. The zero-order valence-electron chi connectivity index (χ0n) is 19.5. The van der Waals surface area contributed by atoms with Gasteiger partial charge < -0.3 is 15.5 Å². The molecule has 2 N–H and O–H groups in total. The number of benzene rings is 1. The van der Waals surface area contributed by atoms with Gasteiger partial charge in [-0.15, -0.1) is 22.7 Å². The number of thiazole rings is 1. The van der Waals surface area contributed by atoms with Gasteiger partial charge in [-0.25, -0.2) is 4.98 Å². The number of anilines is 2. The molecule has 0 saturated carbocycles. The lowest BCUT2D eigenvalue weighted by Crippen LogP contribution is -2.47. The standard InChI is InChI=1S/C25H31N5O2S2/c1-19-5-2-6-21(15-19)30-12-10-29(11-13-30)9-4-8-26-23(31)16-20-18-34-25(27-20)28-24(32)17-22-7-3-14-33-22/h2-3,5-7,14-15,18H,4,8-13,16-17H2,1H3,(H,26,31)(H,27,28,32). The van der Waals surface area contributed by atoms with Gasteiger partial charge in [0.2, 0.25) is 11.8 Å². The van der Waals surface area contributed by atoms with Gasteiger partial charge in [0.25, 0.3) is 0 Å². The number of carbonyl (C=O) groups is 2. The number of amides is 2. The number of hydrogen-bond acceptors (Lipinski definition) is 7. The molecule has 1 aromatic carbocycles. The molecule has 1 aliphatic heterocycles. The van der Waals surface area contributed by atoms with Gasteiger partial charge in [-0.05, 0) is 49.0 Å². The summed E-state index contributed by atoms with van der Waals surface area (Å²) in [5.41, 5.74) is 3.28. The summed E-state index contributed by atoms with van der Waals surface area (Å²) in [7, 11) is 0. The Bertz CT molecular complexity index is 1070. The highest BCUT2D eigenvalue weighted by atomic mass is 32.1. The van der Waals surface area contributed by atoms with Crippen molar-refractivity contribution in [2.75, 3.05) is 49.5 Å². The van der Waals surface area contributed by atoms with Crippen LogP contribution in [0.1, 0.15) is 22.6 Å². The van der Waals surface area contributed by atoms with Crippen LogP contribution >= 0.6 is 22.7 Å². The van der Waals surface area contributed by atoms with Crippen LogP contribution in [0.25, 0.3) is 0 Å². The van der Waals surface area contributed by atoms with Crippen molar-refractivity contribution in [1.82, 2.24) is 15.2 Å². The zero-order chi connectivity index (χ0) is 23.8. The smallest absolute Gasteiger partial charge is 0.231 e. The molecule has 9 heteroatoms. The van der Waals surface area contributed by atoms with E-state index in [0.29, 0.717) is 23.8 Å². The van der Waals surface area contributed by atoms with Gasteiger partial charge in [0.15, 0.2) is 5.13 Å². The quantitative estimate of drug-likeness (QED) is 0.419. The number of aromatic nitrogens is 1. The Hall–Kier alpha value is -2.75. The third kappa shape index (κ3) is 7.38. The molecule has 4 rings (SSSR count). The molecular formula is C25H31N5O2S2. The molecule has 0 atom stereocenters. The highest BCUT2D eigenvalue weighted by Gasteiger charge is 2.17. The van der Waals surface area contributed by atoms with Gasteiger partial charge in [0, 0.05) is 48.7 Å². The van der Waals surface area contributed by atoms with Crippen LogP contribution in [-0.2, 0) is 22.4 Å². The summed E-state index contributed by atoms with van der Waals surface area (Å²) in [6.07, 6.45) is 1.50. The molecular weight excluding hydrogens is 466 g/mol. The fraction of sp³-hybridized carbons (Fsp3) is 0.400. The molecule has 0 aliphatic carbocycles. The Balaban J connectivity index is 1.10. The van der Waals surface area contributed by atoms with E-state index >= 15 is 0 Å². The van der Waals surface area contributed by atoms with Gasteiger partial charge >= 0.3 is 0 Å². The molecule has 0 unspecified atom stereocenters. The number of piperazine rings is 1. The largest absolute Gasteiger partial charge is 0.369 e. The van der Waals surface area contributed by atoms with Crippen LogP contribution in [-0.4, -0.2) is 61.0 Å². The van der Waals surface area contributed by atoms with Crippen molar-refractivity contribution < 1.29 is 9.59 Å². The van der Waals surface area contributed by atoms with Crippen LogP contribution in [0.4, 0.5) is 10.8 Å². The van der Waals surface area contributed by atoms with E-state index in [1.165, 1.54) is 22.6 Å². The second-order valence-electron chi connectivity index (χ2n) is 8.50. The highest BCUT2D eigenvalue weighted by Crippen LogP contribution is 2.18. The first-order valence-corrected chi connectivity index (χ1v) is 13.4. The van der Waals surface area contributed by atoms with E-state index in [2.05, 4.69) is 56.6 Å². The summed E-state index contributed by atoms with van der Waals surface area (Å²) >= 11 is 2.91. The van der Waals surface area contributed by atoms with Gasteiger partial charge in [-0.1, -0.05) is 18.2 Å². The van der Waals surface area contributed by atoms with E-state index in [1.807, 2.05) is 22.9 Å². The molecule has 0 radical (unpaired) electrons. The van der Waals surface area contributed by atoms with E-state index in [4.69, 9.17) is 0 Å². The number of aryl methyl sites for hydroxylation is 1. The number of nitrogens with one attached hydrogen (secondary N) is 2. The Morgan fingerprint density at radius 2 is 1.88 bits per heavy atom. The van der Waals surface area contributed by atoms with Crippen LogP contribution in [0.2, 0.25) is 0 Å². The normalized spacial score (nSPS) is 14.2. The van der Waals surface area contributed by atoms with Crippen molar-refractivity contribution >= 4 is 45.3 Å². The van der Waals surface area contributed by atoms with Crippen molar-refractivity contribution in [1.29, 1.82) is 0 Å². The lowest BCUT2D eigenvalue weighted by Gasteiger charge is -2.36. The molecule has 7 nitrogen and oxygen atoms in total. The van der Waals surface area contributed by atoms with Crippen LogP contribution < -0.4 is 15.5 Å². The number of nitrogens with zero attached hydrogens (tertiary/aromatic N) is 3. The summed E-state index contributed by atoms with van der Waals surface area (Å²) in [5.74, 6) is -0.126. The van der Waals surface area contributed by atoms with Crippen molar-refractivity contribution in [3.8, 4) is 0 Å². The number of rotatable bonds is 10. The minimum Gasteiger partial charge on any atom is -0.369 e. The van der Waals surface area contributed by atoms with Crippen LogP contribution in [0.5, 0.6) is 0 Å². The summed E-state index contributed by atoms with van der Waals surface area (Å²) in [6, 6.07) is 12.5. The second-order valence-corrected chi connectivity index (χ2v) is 10.4. The predicted molar refractivity (Wildman–Crippen MR) is 140 cm³/mol.